The molecule has 1 amide bonds. The van der Waals surface area contributed by atoms with Gasteiger partial charge in [-0.3, -0.25) is 14.5 Å². The van der Waals surface area contributed by atoms with Crippen molar-refractivity contribution in [3.63, 3.8) is 0 Å². The normalized spacial score (nSPS) is 18.5. The van der Waals surface area contributed by atoms with E-state index in [1.165, 1.54) is 22.4 Å². The molecule has 0 spiro atoms. The maximum absolute atomic E-state index is 13.5. The molecule has 1 aliphatic heterocycles. The molecule has 1 unspecified atom stereocenters. The molecule has 5 rings (SSSR count). The summed E-state index contributed by atoms with van der Waals surface area (Å²) in [7, 11) is 0. The molecule has 5 nitrogen and oxygen atoms in total. The Bertz CT molecular complexity index is 1370. The van der Waals surface area contributed by atoms with E-state index in [4.69, 9.17) is 0 Å². The second kappa shape index (κ2) is 10.9. The fourth-order valence-electron chi connectivity index (χ4n) is 5.80. The summed E-state index contributed by atoms with van der Waals surface area (Å²) >= 11 is 0. The molecule has 1 heterocycles. The lowest BCUT2D eigenvalue weighted by atomic mass is 9.88. The van der Waals surface area contributed by atoms with Gasteiger partial charge in [0.15, 0.2) is 0 Å². The number of fused-ring (bicyclic) bond motifs is 1. The van der Waals surface area contributed by atoms with Crippen molar-refractivity contribution in [2.45, 2.75) is 58.9 Å². The highest BCUT2D eigenvalue weighted by Crippen LogP contribution is 2.43. The van der Waals surface area contributed by atoms with Gasteiger partial charge in [0, 0.05) is 30.0 Å². The molecule has 38 heavy (non-hydrogen) atoms. The van der Waals surface area contributed by atoms with Gasteiger partial charge in [-0.15, -0.1) is 0 Å². The molecule has 1 atom stereocenters. The van der Waals surface area contributed by atoms with Gasteiger partial charge in [0.05, 0.1) is 11.6 Å². The minimum absolute atomic E-state index is 0.109. The zero-order valence-corrected chi connectivity index (χ0v) is 22.5. The Morgan fingerprint density at radius 1 is 0.868 bits per heavy atom. The van der Waals surface area contributed by atoms with E-state index in [0.717, 1.165) is 55.6 Å². The third-order valence-corrected chi connectivity index (χ3v) is 8.03. The molecular formula is C33H36N2O3. The second-order valence-corrected chi connectivity index (χ2v) is 10.1. The van der Waals surface area contributed by atoms with E-state index in [9.17, 15) is 14.7 Å². The van der Waals surface area contributed by atoms with Gasteiger partial charge in [0.1, 0.15) is 5.76 Å². The predicted molar refractivity (Wildman–Crippen MR) is 154 cm³/mol. The van der Waals surface area contributed by atoms with Crippen LogP contribution >= 0.6 is 0 Å². The van der Waals surface area contributed by atoms with E-state index in [-0.39, 0.29) is 11.3 Å². The summed E-state index contributed by atoms with van der Waals surface area (Å²) in [4.78, 5) is 30.9. The Labute approximate surface area is 225 Å². The van der Waals surface area contributed by atoms with Crippen LogP contribution in [0.2, 0.25) is 0 Å². The van der Waals surface area contributed by atoms with E-state index in [0.29, 0.717) is 11.3 Å². The topological polar surface area (TPSA) is 60.9 Å². The van der Waals surface area contributed by atoms with Crippen LogP contribution in [0.4, 0.5) is 11.4 Å². The first-order valence-corrected chi connectivity index (χ1v) is 13.8. The Morgan fingerprint density at radius 3 is 2.16 bits per heavy atom. The van der Waals surface area contributed by atoms with Crippen molar-refractivity contribution in [3.05, 3.63) is 100 Å². The number of benzene rings is 3. The van der Waals surface area contributed by atoms with Crippen molar-refractivity contribution in [2.75, 3.05) is 22.9 Å². The summed E-state index contributed by atoms with van der Waals surface area (Å²) in [6.07, 6.45) is 5.17. The summed E-state index contributed by atoms with van der Waals surface area (Å²) in [5.74, 6) is -1.38. The minimum Gasteiger partial charge on any atom is -0.507 e. The van der Waals surface area contributed by atoms with Crippen LogP contribution in [0.25, 0.3) is 5.76 Å². The van der Waals surface area contributed by atoms with Crippen LogP contribution in [-0.4, -0.2) is 29.9 Å². The number of aryl methyl sites for hydroxylation is 3. The number of rotatable bonds is 7. The Balaban J connectivity index is 1.65. The molecule has 196 valence electrons. The molecule has 1 saturated heterocycles. The van der Waals surface area contributed by atoms with Crippen molar-refractivity contribution >= 4 is 28.8 Å². The number of hydrogen-bond donors (Lipinski definition) is 1. The fraction of sp³-hybridized carbons (Fsp3) is 0.333. The third-order valence-electron chi connectivity index (χ3n) is 8.03. The molecule has 1 N–H and O–H groups in total. The molecular weight excluding hydrogens is 472 g/mol. The number of hydrogen-bond acceptors (Lipinski definition) is 4. The third kappa shape index (κ3) is 4.62. The van der Waals surface area contributed by atoms with E-state index in [2.05, 4.69) is 31.7 Å². The predicted octanol–water partition coefficient (Wildman–Crippen LogP) is 6.60. The first kappa shape index (κ1) is 25.8. The lowest BCUT2D eigenvalue weighted by molar-refractivity contribution is -0.132. The summed E-state index contributed by atoms with van der Waals surface area (Å²) < 4.78 is 0. The van der Waals surface area contributed by atoms with Gasteiger partial charge in [0.25, 0.3) is 11.7 Å². The molecule has 0 aromatic heterocycles. The molecule has 3 aromatic rings. The molecule has 0 radical (unpaired) electrons. The van der Waals surface area contributed by atoms with Gasteiger partial charge in [0.2, 0.25) is 0 Å². The maximum Gasteiger partial charge on any atom is 0.300 e. The van der Waals surface area contributed by atoms with E-state index < -0.39 is 17.7 Å². The lowest BCUT2D eigenvalue weighted by Crippen LogP contribution is -2.29. The van der Waals surface area contributed by atoms with E-state index in [1.54, 1.807) is 0 Å². The van der Waals surface area contributed by atoms with Crippen LogP contribution < -0.4 is 9.80 Å². The standard InChI is InChI=1S/C33H36N2O3/c1-4-22-11-17-28(18-12-22)35-30(24-15-19-27(20-16-24)34(5-2)6-3)29(32(37)33(35)38)31(36)26-14-13-23-9-7-8-10-25(23)21-26/h11-21,30,36H,4-10H2,1-3H3/b31-29-. The summed E-state index contributed by atoms with van der Waals surface area (Å²) in [6.45, 7) is 8.08. The number of carbonyl (C=O) groups excluding carboxylic acids is 2. The molecule has 5 heteroatoms. The van der Waals surface area contributed by atoms with Gasteiger partial charge < -0.3 is 10.0 Å². The molecule has 3 aromatic carbocycles. The first-order chi connectivity index (χ1) is 18.5. The molecule has 0 bridgehead atoms. The van der Waals surface area contributed by atoms with E-state index >= 15 is 0 Å². The maximum atomic E-state index is 13.5. The number of Topliss-reactive ketones (excluding diaryl/α,β-unsaturated/α-hetero) is 1. The number of carbonyl (C=O) groups is 2. The van der Waals surface area contributed by atoms with Gasteiger partial charge >= 0.3 is 0 Å². The van der Waals surface area contributed by atoms with Crippen molar-refractivity contribution in [2.24, 2.45) is 0 Å². The average molecular weight is 509 g/mol. The van der Waals surface area contributed by atoms with Crippen molar-refractivity contribution in [1.82, 2.24) is 0 Å². The Kier molecular flexibility index (Phi) is 7.37. The number of amides is 1. The van der Waals surface area contributed by atoms with Crippen molar-refractivity contribution in [3.8, 4) is 0 Å². The molecule has 1 fully saturated rings. The van der Waals surface area contributed by atoms with Crippen LogP contribution in [0, 0.1) is 0 Å². The number of anilines is 2. The zero-order valence-electron chi connectivity index (χ0n) is 22.5. The quantitative estimate of drug-likeness (QED) is 0.222. The Morgan fingerprint density at radius 2 is 1.53 bits per heavy atom. The minimum atomic E-state index is -0.718. The SMILES string of the molecule is CCc1ccc(N2C(=O)C(=O)/C(=C(\O)c3ccc4c(c3)CCCC4)C2c2ccc(N(CC)CC)cc2)cc1. The molecule has 1 aliphatic carbocycles. The van der Waals surface area contributed by atoms with Crippen molar-refractivity contribution in [1.29, 1.82) is 0 Å². The first-order valence-electron chi connectivity index (χ1n) is 13.8. The number of aliphatic hydroxyl groups is 1. The highest BCUT2D eigenvalue weighted by molar-refractivity contribution is 6.51. The van der Waals surface area contributed by atoms with Crippen LogP contribution in [0.15, 0.2) is 72.3 Å². The number of nitrogens with zero attached hydrogens (tertiary/aromatic N) is 2. The molecule has 2 aliphatic rings. The van der Waals surface area contributed by atoms with Gasteiger partial charge in [-0.05, 0) is 98.5 Å². The van der Waals surface area contributed by atoms with E-state index in [1.807, 2.05) is 60.7 Å². The summed E-state index contributed by atoms with van der Waals surface area (Å²) in [6, 6.07) is 21.0. The fourth-order valence-corrected chi connectivity index (χ4v) is 5.80. The zero-order chi connectivity index (χ0) is 26.8. The summed E-state index contributed by atoms with van der Waals surface area (Å²) in [5, 5.41) is 11.6. The van der Waals surface area contributed by atoms with Crippen LogP contribution in [0.1, 0.15) is 67.5 Å². The highest BCUT2D eigenvalue weighted by Gasteiger charge is 2.47. The van der Waals surface area contributed by atoms with Crippen LogP contribution in [0.3, 0.4) is 0 Å². The van der Waals surface area contributed by atoms with Crippen LogP contribution in [-0.2, 0) is 28.9 Å². The smallest absolute Gasteiger partial charge is 0.300 e. The van der Waals surface area contributed by atoms with Gasteiger partial charge in [-0.2, -0.15) is 0 Å². The van der Waals surface area contributed by atoms with Gasteiger partial charge in [-0.1, -0.05) is 43.3 Å². The molecule has 0 saturated carbocycles. The van der Waals surface area contributed by atoms with Crippen LogP contribution in [0.5, 0.6) is 0 Å². The average Bonchev–Trinajstić information content (AvgIpc) is 3.23. The largest absolute Gasteiger partial charge is 0.507 e. The lowest BCUT2D eigenvalue weighted by Gasteiger charge is -2.27. The number of aliphatic hydroxyl groups excluding tert-OH is 1. The number of ketones is 1. The van der Waals surface area contributed by atoms with Gasteiger partial charge in [-0.25, -0.2) is 0 Å². The summed E-state index contributed by atoms with van der Waals surface area (Å²) in [5.41, 5.74) is 6.91. The second-order valence-electron chi connectivity index (χ2n) is 10.1. The highest BCUT2D eigenvalue weighted by atomic mass is 16.3. The van der Waals surface area contributed by atoms with Crippen molar-refractivity contribution < 1.29 is 14.7 Å². The Hall–Kier alpha value is -3.86. The monoisotopic (exact) mass is 508 g/mol.